The van der Waals surface area contributed by atoms with Crippen LogP contribution in [0.2, 0.25) is 0 Å². The molecule has 11 heteroatoms. The van der Waals surface area contributed by atoms with Crippen LogP contribution in [0.15, 0.2) is 76.5 Å². The number of carbonyl (C=O) groups is 1. The molecule has 3 aromatic carbocycles. The van der Waals surface area contributed by atoms with Crippen molar-refractivity contribution in [1.29, 1.82) is 0 Å². The number of aryl methyl sites for hydroxylation is 1. The van der Waals surface area contributed by atoms with Gasteiger partial charge >= 0.3 is 0 Å². The van der Waals surface area contributed by atoms with Crippen LogP contribution in [0.25, 0.3) is 0 Å². The molecular weight excluding hydrogens is 502 g/mol. The minimum absolute atomic E-state index is 0.0187. The molecule has 190 valence electrons. The number of nitrogens with zero attached hydrogens (tertiary/aromatic N) is 1. The number of benzene rings is 3. The fourth-order valence-electron chi connectivity index (χ4n) is 3.92. The second kappa shape index (κ2) is 10.2. The van der Waals surface area contributed by atoms with Crippen molar-refractivity contribution in [3.8, 4) is 5.75 Å². The average molecular weight is 530 g/mol. The van der Waals surface area contributed by atoms with Crippen molar-refractivity contribution in [3.05, 3.63) is 72.3 Å². The van der Waals surface area contributed by atoms with Crippen LogP contribution in [-0.4, -0.2) is 35.9 Å². The summed E-state index contributed by atoms with van der Waals surface area (Å²) in [7, 11) is -7.80. The fourth-order valence-corrected chi connectivity index (χ4v) is 6.12. The van der Waals surface area contributed by atoms with E-state index in [1.807, 2.05) is 6.92 Å². The molecule has 0 spiro atoms. The van der Waals surface area contributed by atoms with E-state index in [1.165, 1.54) is 36.4 Å². The number of sulfonamides is 2. The molecule has 2 N–H and O–H groups in total. The van der Waals surface area contributed by atoms with E-state index in [2.05, 4.69) is 9.44 Å². The molecule has 4 rings (SSSR count). The van der Waals surface area contributed by atoms with Gasteiger partial charge in [0.1, 0.15) is 5.75 Å². The molecule has 0 aliphatic carbocycles. The van der Waals surface area contributed by atoms with Gasteiger partial charge in [-0.25, -0.2) is 16.8 Å². The fraction of sp³-hybridized carbons (Fsp3) is 0.240. The molecule has 36 heavy (non-hydrogen) atoms. The smallest absolute Gasteiger partial charge is 0.261 e. The van der Waals surface area contributed by atoms with E-state index in [0.29, 0.717) is 42.3 Å². The van der Waals surface area contributed by atoms with Crippen LogP contribution in [0.4, 0.5) is 17.1 Å². The highest BCUT2D eigenvalue weighted by Gasteiger charge is 2.24. The molecule has 0 saturated carbocycles. The summed E-state index contributed by atoms with van der Waals surface area (Å²) in [6.45, 7) is 4.74. The summed E-state index contributed by atoms with van der Waals surface area (Å²) in [5.41, 5.74) is 1.96. The zero-order chi connectivity index (χ0) is 25.9. The summed E-state index contributed by atoms with van der Waals surface area (Å²) < 4.78 is 61.6. The number of anilines is 3. The molecule has 1 amide bonds. The van der Waals surface area contributed by atoms with Crippen LogP contribution < -0.4 is 19.1 Å². The van der Waals surface area contributed by atoms with Crippen molar-refractivity contribution < 1.29 is 26.4 Å². The number of ether oxygens (including phenoxy) is 1. The lowest BCUT2D eigenvalue weighted by Gasteiger charge is -2.19. The molecule has 0 bridgehead atoms. The Labute approximate surface area is 211 Å². The molecular formula is C25H27N3O6S2. The van der Waals surface area contributed by atoms with E-state index in [1.54, 1.807) is 42.2 Å². The van der Waals surface area contributed by atoms with E-state index in [-0.39, 0.29) is 21.4 Å². The number of rotatable bonds is 9. The molecule has 3 aromatic rings. The highest BCUT2D eigenvalue weighted by molar-refractivity contribution is 7.93. The van der Waals surface area contributed by atoms with E-state index in [0.717, 1.165) is 6.42 Å². The van der Waals surface area contributed by atoms with Crippen molar-refractivity contribution in [2.75, 3.05) is 27.5 Å². The van der Waals surface area contributed by atoms with Gasteiger partial charge in [-0.2, -0.15) is 0 Å². The third kappa shape index (κ3) is 5.63. The van der Waals surface area contributed by atoms with Crippen molar-refractivity contribution >= 4 is 43.0 Å². The SMILES string of the molecule is CCOc1ccc(NS(=O)(=O)c2ccc(NS(=O)(=O)c3ccc(N4CCCC4=O)c(C)c3)cc2)cc1. The lowest BCUT2D eigenvalue weighted by atomic mass is 10.2. The van der Waals surface area contributed by atoms with E-state index < -0.39 is 20.0 Å². The predicted octanol–water partition coefficient (Wildman–Crippen LogP) is 4.12. The number of amides is 1. The van der Waals surface area contributed by atoms with Gasteiger partial charge in [0, 0.05) is 30.0 Å². The highest BCUT2D eigenvalue weighted by atomic mass is 32.2. The predicted molar refractivity (Wildman–Crippen MR) is 138 cm³/mol. The molecule has 9 nitrogen and oxygen atoms in total. The number of nitrogens with one attached hydrogen (secondary N) is 2. The lowest BCUT2D eigenvalue weighted by molar-refractivity contribution is -0.117. The summed E-state index contributed by atoms with van der Waals surface area (Å²) >= 11 is 0. The quantitative estimate of drug-likeness (QED) is 0.430. The van der Waals surface area contributed by atoms with Gasteiger partial charge in [0.15, 0.2) is 0 Å². The molecule has 1 saturated heterocycles. The first-order valence-electron chi connectivity index (χ1n) is 11.4. The third-order valence-corrected chi connectivity index (χ3v) is 8.45. The largest absolute Gasteiger partial charge is 0.494 e. The maximum absolute atomic E-state index is 12.9. The number of hydrogen-bond acceptors (Lipinski definition) is 6. The summed E-state index contributed by atoms with van der Waals surface area (Å²) in [4.78, 5) is 13.7. The van der Waals surface area contributed by atoms with E-state index in [4.69, 9.17) is 4.74 Å². The molecule has 1 aliphatic heterocycles. The lowest BCUT2D eigenvalue weighted by Crippen LogP contribution is -2.24. The summed E-state index contributed by atoms with van der Waals surface area (Å²) in [6, 6.07) is 16.5. The first-order chi connectivity index (χ1) is 17.1. The molecule has 0 radical (unpaired) electrons. The second-order valence-corrected chi connectivity index (χ2v) is 11.7. The third-order valence-electron chi connectivity index (χ3n) is 5.68. The Morgan fingerprint density at radius 1 is 0.833 bits per heavy atom. The van der Waals surface area contributed by atoms with Crippen LogP contribution in [0.1, 0.15) is 25.3 Å². The Kier molecular flexibility index (Phi) is 7.23. The van der Waals surface area contributed by atoms with Gasteiger partial charge in [0.05, 0.1) is 16.4 Å². The van der Waals surface area contributed by atoms with Gasteiger partial charge in [0.2, 0.25) is 5.91 Å². The van der Waals surface area contributed by atoms with Crippen LogP contribution in [-0.2, 0) is 24.8 Å². The minimum atomic E-state index is -3.93. The van der Waals surface area contributed by atoms with Crippen molar-refractivity contribution in [2.24, 2.45) is 0 Å². The Balaban J connectivity index is 1.46. The topological polar surface area (TPSA) is 122 Å². The Morgan fingerprint density at radius 3 is 1.92 bits per heavy atom. The van der Waals surface area contributed by atoms with Gasteiger partial charge in [-0.05, 0) is 92.6 Å². The van der Waals surface area contributed by atoms with Crippen LogP contribution in [0.5, 0.6) is 5.75 Å². The maximum atomic E-state index is 12.9. The Hall–Kier alpha value is -3.57. The van der Waals surface area contributed by atoms with Crippen LogP contribution in [0.3, 0.4) is 0 Å². The first kappa shape index (κ1) is 25.5. The van der Waals surface area contributed by atoms with Gasteiger partial charge in [-0.1, -0.05) is 0 Å². The zero-order valence-corrected chi connectivity index (χ0v) is 21.5. The van der Waals surface area contributed by atoms with Gasteiger partial charge in [0.25, 0.3) is 20.0 Å². The Bertz CT molecular complexity index is 1470. The summed E-state index contributed by atoms with van der Waals surface area (Å²) in [5.74, 6) is 0.658. The normalized spacial score (nSPS) is 14.1. The van der Waals surface area contributed by atoms with E-state index in [9.17, 15) is 21.6 Å². The van der Waals surface area contributed by atoms with E-state index >= 15 is 0 Å². The maximum Gasteiger partial charge on any atom is 0.261 e. The van der Waals surface area contributed by atoms with Gasteiger partial charge < -0.3 is 9.64 Å². The molecule has 1 fully saturated rings. The van der Waals surface area contributed by atoms with Crippen molar-refractivity contribution in [2.45, 2.75) is 36.5 Å². The second-order valence-electron chi connectivity index (χ2n) is 8.29. The van der Waals surface area contributed by atoms with Crippen molar-refractivity contribution in [1.82, 2.24) is 0 Å². The first-order valence-corrected chi connectivity index (χ1v) is 14.4. The minimum Gasteiger partial charge on any atom is -0.494 e. The molecule has 1 aliphatic rings. The average Bonchev–Trinajstić information content (AvgIpc) is 3.26. The number of carbonyl (C=O) groups excluding carboxylic acids is 1. The molecule has 0 unspecified atom stereocenters. The summed E-state index contributed by atoms with van der Waals surface area (Å²) in [5, 5.41) is 0. The standard InChI is InChI=1S/C25H27N3O6S2/c1-3-34-21-10-6-19(7-11-21)26-35(30,31)22-12-8-20(9-13-22)27-36(32,33)23-14-15-24(18(2)17-23)28-16-4-5-25(28)29/h6-15,17,26-27H,3-5,16H2,1-2H3. The highest BCUT2D eigenvalue weighted by Crippen LogP contribution is 2.28. The molecule has 0 aromatic heterocycles. The van der Waals surface area contributed by atoms with Crippen molar-refractivity contribution in [3.63, 3.8) is 0 Å². The Morgan fingerprint density at radius 2 is 1.39 bits per heavy atom. The summed E-state index contributed by atoms with van der Waals surface area (Å²) in [6.07, 6.45) is 1.27. The monoisotopic (exact) mass is 529 g/mol. The van der Waals surface area contributed by atoms with Crippen LogP contribution >= 0.6 is 0 Å². The number of hydrogen-bond donors (Lipinski definition) is 2. The molecule has 1 heterocycles. The van der Waals surface area contributed by atoms with Gasteiger partial charge in [-0.15, -0.1) is 0 Å². The van der Waals surface area contributed by atoms with Crippen LogP contribution in [0, 0.1) is 6.92 Å². The molecule has 0 atom stereocenters. The van der Waals surface area contributed by atoms with Gasteiger partial charge in [-0.3, -0.25) is 14.2 Å². The zero-order valence-electron chi connectivity index (χ0n) is 19.9.